The van der Waals surface area contributed by atoms with Gasteiger partial charge in [-0.05, 0) is 25.0 Å². The van der Waals surface area contributed by atoms with Gasteiger partial charge in [0.25, 0.3) is 0 Å². The van der Waals surface area contributed by atoms with Crippen LogP contribution in [-0.2, 0) is 9.59 Å². The number of Topliss-reactive ketones (excluding diaryl/α,β-unsaturated/α-hetero) is 1. The third-order valence-electron chi connectivity index (χ3n) is 3.24. The van der Waals surface area contributed by atoms with E-state index in [4.69, 9.17) is 5.26 Å². The average molecular weight is 278 g/mol. The van der Waals surface area contributed by atoms with Crippen LogP contribution in [-0.4, -0.2) is 18.2 Å². The van der Waals surface area contributed by atoms with Crippen LogP contribution in [0.5, 0.6) is 0 Å². The van der Waals surface area contributed by atoms with Crippen LogP contribution in [0.25, 0.3) is 0 Å². The molecule has 104 valence electrons. The first-order valence-electron chi connectivity index (χ1n) is 6.20. The number of nitrogens with zero attached hydrogens (tertiary/aromatic N) is 2. The third-order valence-corrected chi connectivity index (χ3v) is 3.24. The van der Waals surface area contributed by atoms with Crippen molar-refractivity contribution in [2.75, 3.05) is 11.4 Å². The number of halogens is 2. The maximum absolute atomic E-state index is 13.2. The number of rotatable bonds is 3. The predicted molar refractivity (Wildman–Crippen MR) is 66.7 cm³/mol. The molecular weight excluding hydrogens is 266 g/mol. The maximum Gasteiger partial charge on any atom is 0.237 e. The van der Waals surface area contributed by atoms with Crippen molar-refractivity contribution in [3.05, 3.63) is 29.8 Å². The summed E-state index contributed by atoms with van der Waals surface area (Å²) in [4.78, 5) is 25.1. The van der Waals surface area contributed by atoms with Crippen molar-refractivity contribution < 1.29 is 18.4 Å². The Morgan fingerprint density at radius 3 is 2.60 bits per heavy atom. The Labute approximate surface area is 114 Å². The monoisotopic (exact) mass is 278 g/mol. The summed E-state index contributed by atoms with van der Waals surface area (Å²) < 4.78 is 26.4. The van der Waals surface area contributed by atoms with Gasteiger partial charge in [-0.3, -0.25) is 9.59 Å². The van der Waals surface area contributed by atoms with Gasteiger partial charge < -0.3 is 4.90 Å². The van der Waals surface area contributed by atoms with Crippen LogP contribution in [0.3, 0.4) is 0 Å². The number of carbonyl (C=O) groups excluding carboxylic acids is 2. The second-order valence-electron chi connectivity index (χ2n) is 4.61. The Balaban J connectivity index is 2.26. The van der Waals surface area contributed by atoms with Crippen LogP contribution in [0.15, 0.2) is 18.2 Å². The molecule has 0 saturated carbocycles. The van der Waals surface area contributed by atoms with E-state index in [-0.39, 0.29) is 12.1 Å². The van der Waals surface area contributed by atoms with Gasteiger partial charge in [0.15, 0.2) is 5.78 Å². The molecule has 20 heavy (non-hydrogen) atoms. The van der Waals surface area contributed by atoms with Crippen molar-refractivity contribution in [1.29, 1.82) is 5.26 Å². The molecule has 1 heterocycles. The number of piperidine rings is 1. The predicted octanol–water partition coefficient (Wildman–Crippen LogP) is 2.19. The highest BCUT2D eigenvalue weighted by molar-refractivity contribution is 6.09. The van der Waals surface area contributed by atoms with Crippen LogP contribution in [0.4, 0.5) is 14.5 Å². The fourth-order valence-electron chi connectivity index (χ4n) is 2.33. The van der Waals surface area contributed by atoms with E-state index in [9.17, 15) is 18.4 Å². The van der Waals surface area contributed by atoms with Gasteiger partial charge in [-0.25, -0.2) is 8.78 Å². The second-order valence-corrected chi connectivity index (χ2v) is 4.61. The number of benzene rings is 1. The maximum atomic E-state index is 13.2. The third kappa shape index (κ3) is 2.82. The number of hydrogen-bond acceptors (Lipinski definition) is 3. The first-order chi connectivity index (χ1) is 9.52. The molecule has 6 heteroatoms. The van der Waals surface area contributed by atoms with Gasteiger partial charge >= 0.3 is 0 Å². The molecule has 0 aliphatic carbocycles. The van der Waals surface area contributed by atoms with Crippen molar-refractivity contribution in [3.63, 3.8) is 0 Å². The fraction of sp³-hybridized carbons (Fsp3) is 0.357. The van der Waals surface area contributed by atoms with E-state index >= 15 is 0 Å². The Kier molecular flexibility index (Phi) is 4.08. The smallest absolute Gasteiger partial charge is 0.237 e. The number of hydrogen-bond donors (Lipinski definition) is 0. The lowest BCUT2D eigenvalue weighted by Crippen LogP contribution is -2.44. The molecule has 1 amide bonds. The molecule has 0 N–H and O–H groups in total. The van der Waals surface area contributed by atoms with Crippen molar-refractivity contribution >= 4 is 17.4 Å². The van der Waals surface area contributed by atoms with E-state index in [1.807, 2.05) is 0 Å². The molecule has 1 aliphatic heterocycles. The zero-order valence-electron chi connectivity index (χ0n) is 10.6. The fourth-order valence-corrected chi connectivity index (χ4v) is 2.33. The summed E-state index contributed by atoms with van der Waals surface area (Å²) in [6, 6.07) is 4.54. The van der Waals surface area contributed by atoms with Crippen LogP contribution >= 0.6 is 0 Å². The summed E-state index contributed by atoms with van der Waals surface area (Å²) >= 11 is 0. The molecule has 0 unspecified atom stereocenters. The summed E-state index contributed by atoms with van der Waals surface area (Å²) in [5, 5.41) is 8.51. The van der Waals surface area contributed by atoms with Crippen molar-refractivity contribution in [3.8, 4) is 6.07 Å². The molecule has 1 saturated heterocycles. The number of amides is 1. The summed E-state index contributed by atoms with van der Waals surface area (Å²) in [5.41, 5.74) is 0.0990. The van der Waals surface area contributed by atoms with E-state index in [0.29, 0.717) is 19.4 Å². The van der Waals surface area contributed by atoms with Crippen LogP contribution < -0.4 is 4.90 Å². The molecule has 4 nitrogen and oxygen atoms in total. The molecule has 1 aromatic carbocycles. The van der Waals surface area contributed by atoms with E-state index in [0.717, 1.165) is 18.2 Å². The minimum Gasteiger partial charge on any atom is -0.312 e. The van der Waals surface area contributed by atoms with Crippen LogP contribution in [0, 0.1) is 28.9 Å². The van der Waals surface area contributed by atoms with Gasteiger partial charge in [-0.15, -0.1) is 0 Å². The average Bonchev–Trinajstić information content (AvgIpc) is 2.38. The van der Waals surface area contributed by atoms with Gasteiger partial charge in [0, 0.05) is 18.3 Å². The van der Waals surface area contributed by atoms with Gasteiger partial charge in [0.2, 0.25) is 5.91 Å². The van der Waals surface area contributed by atoms with Crippen LogP contribution in [0.1, 0.15) is 19.3 Å². The highest BCUT2D eigenvalue weighted by Crippen LogP contribution is 2.26. The molecule has 1 aliphatic rings. The minimum atomic E-state index is -0.894. The van der Waals surface area contributed by atoms with E-state index < -0.39 is 29.2 Å². The Bertz CT molecular complexity index is 575. The first-order valence-corrected chi connectivity index (χ1v) is 6.20. The standard InChI is InChI=1S/C14H12F2N2O2/c15-9-6-10(16)8-11(7-9)18-5-1-2-12(14(18)20)13(19)3-4-17/h6-8,12H,1-3,5H2/t12-/m0/s1. The zero-order chi connectivity index (χ0) is 14.7. The lowest BCUT2D eigenvalue weighted by Gasteiger charge is -2.31. The Morgan fingerprint density at radius 1 is 1.35 bits per heavy atom. The van der Waals surface area contributed by atoms with Crippen molar-refractivity contribution in [1.82, 2.24) is 0 Å². The molecule has 0 spiro atoms. The van der Waals surface area contributed by atoms with Gasteiger partial charge in [0.05, 0.1) is 18.4 Å². The highest BCUT2D eigenvalue weighted by Gasteiger charge is 2.34. The van der Waals surface area contributed by atoms with Crippen molar-refractivity contribution in [2.24, 2.45) is 5.92 Å². The SMILES string of the molecule is N#CCC(=O)[C@@H]1CCCN(c2cc(F)cc(F)c2)C1=O. The molecule has 0 radical (unpaired) electrons. The van der Waals surface area contributed by atoms with Crippen LogP contribution in [0.2, 0.25) is 0 Å². The molecule has 0 bridgehead atoms. The van der Waals surface area contributed by atoms with Crippen molar-refractivity contribution in [2.45, 2.75) is 19.3 Å². The lowest BCUT2D eigenvalue weighted by atomic mass is 9.91. The quantitative estimate of drug-likeness (QED) is 0.796. The Morgan fingerprint density at radius 2 is 2.00 bits per heavy atom. The zero-order valence-corrected chi connectivity index (χ0v) is 10.6. The number of ketones is 1. The summed E-state index contributed by atoms with van der Waals surface area (Å²) in [5.74, 6) is -3.40. The Hall–Kier alpha value is -2.29. The summed E-state index contributed by atoms with van der Waals surface area (Å²) in [6.07, 6.45) is 0.584. The second kappa shape index (κ2) is 5.78. The number of anilines is 1. The minimum absolute atomic E-state index is 0.0990. The largest absolute Gasteiger partial charge is 0.312 e. The van der Waals surface area contributed by atoms with Gasteiger partial charge in [-0.2, -0.15) is 5.26 Å². The molecule has 0 aromatic heterocycles. The summed E-state index contributed by atoms with van der Waals surface area (Å²) in [6.45, 7) is 0.304. The normalized spacial score (nSPS) is 18.8. The van der Waals surface area contributed by atoms with Gasteiger partial charge in [0.1, 0.15) is 11.6 Å². The number of nitriles is 1. The molecule has 1 aromatic rings. The van der Waals surface area contributed by atoms with E-state index in [1.165, 1.54) is 4.90 Å². The lowest BCUT2D eigenvalue weighted by molar-refractivity contribution is -0.133. The van der Waals surface area contributed by atoms with E-state index in [2.05, 4.69) is 0 Å². The molecule has 1 fully saturated rings. The molecule has 1 atom stereocenters. The number of carbonyl (C=O) groups is 2. The van der Waals surface area contributed by atoms with Gasteiger partial charge in [-0.1, -0.05) is 0 Å². The van der Waals surface area contributed by atoms with E-state index in [1.54, 1.807) is 6.07 Å². The highest BCUT2D eigenvalue weighted by atomic mass is 19.1. The topological polar surface area (TPSA) is 61.2 Å². The molecular formula is C14H12F2N2O2. The summed E-state index contributed by atoms with van der Waals surface area (Å²) in [7, 11) is 0. The first kappa shape index (κ1) is 14.1. The molecule has 2 rings (SSSR count).